The van der Waals surface area contributed by atoms with Gasteiger partial charge in [0.15, 0.2) is 0 Å². The van der Waals surface area contributed by atoms with Gasteiger partial charge in [-0.05, 0) is 36.8 Å². The molecule has 0 aliphatic heterocycles. The Morgan fingerprint density at radius 1 is 1.44 bits per heavy atom. The van der Waals surface area contributed by atoms with Crippen LogP contribution >= 0.6 is 0 Å². The normalized spacial score (nSPS) is 17.1. The number of carboxylic acid groups (broad SMARTS) is 1. The van der Waals surface area contributed by atoms with Crippen molar-refractivity contribution in [2.24, 2.45) is 11.8 Å². The van der Waals surface area contributed by atoms with Crippen molar-refractivity contribution in [1.29, 1.82) is 0 Å². The molecule has 1 N–H and O–H groups in total. The summed E-state index contributed by atoms with van der Waals surface area (Å²) in [6, 6.07) is 8.07. The average Bonchev–Trinajstić information content (AvgIpc) is 3.04. The Morgan fingerprint density at radius 2 is 2.12 bits per heavy atom. The van der Waals surface area contributed by atoms with Crippen molar-refractivity contribution in [3.05, 3.63) is 35.4 Å². The number of rotatable bonds is 5. The third-order valence-electron chi connectivity index (χ3n) is 3.39. The van der Waals surface area contributed by atoms with Crippen LogP contribution in [0.25, 0.3) is 0 Å². The van der Waals surface area contributed by atoms with Crippen molar-refractivity contribution in [1.82, 2.24) is 0 Å². The van der Waals surface area contributed by atoms with Crippen molar-refractivity contribution in [3.8, 4) is 0 Å². The van der Waals surface area contributed by atoms with E-state index in [0.29, 0.717) is 12.3 Å². The summed E-state index contributed by atoms with van der Waals surface area (Å²) in [5.41, 5.74) is 2.38. The molecule has 1 fully saturated rings. The molecule has 2 nitrogen and oxygen atoms in total. The summed E-state index contributed by atoms with van der Waals surface area (Å²) in [7, 11) is 0. The molecule has 2 heteroatoms. The van der Waals surface area contributed by atoms with E-state index in [0.717, 1.165) is 6.42 Å². The van der Waals surface area contributed by atoms with Crippen molar-refractivity contribution in [3.63, 3.8) is 0 Å². The lowest BCUT2D eigenvalue weighted by molar-refractivity contribution is -0.142. The van der Waals surface area contributed by atoms with E-state index < -0.39 is 5.97 Å². The topological polar surface area (TPSA) is 37.3 Å². The summed E-state index contributed by atoms with van der Waals surface area (Å²) in [4.78, 5) is 11.2. The summed E-state index contributed by atoms with van der Waals surface area (Å²) in [6.07, 6.45) is 3.97. The van der Waals surface area contributed by atoms with Crippen molar-refractivity contribution >= 4 is 5.97 Å². The van der Waals surface area contributed by atoms with Crippen LogP contribution in [0.5, 0.6) is 0 Å². The first-order chi connectivity index (χ1) is 7.66. The second kappa shape index (κ2) is 4.69. The lowest BCUT2D eigenvalue weighted by atomic mass is 9.92. The van der Waals surface area contributed by atoms with Gasteiger partial charge in [-0.3, -0.25) is 4.79 Å². The Balaban J connectivity index is 2.04. The van der Waals surface area contributed by atoms with Crippen LogP contribution in [-0.2, 0) is 11.2 Å². The highest BCUT2D eigenvalue weighted by molar-refractivity contribution is 5.70. The van der Waals surface area contributed by atoms with Gasteiger partial charge in [-0.15, -0.1) is 0 Å². The van der Waals surface area contributed by atoms with Gasteiger partial charge in [-0.25, -0.2) is 0 Å². The zero-order chi connectivity index (χ0) is 11.5. The van der Waals surface area contributed by atoms with Crippen molar-refractivity contribution in [2.45, 2.75) is 32.6 Å². The monoisotopic (exact) mass is 218 g/mol. The minimum Gasteiger partial charge on any atom is -0.481 e. The average molecular weight is 218 g/mol. The van der Waals surface area contributed by atoms with Gasteiger partial charge < -0.3 is 5.11 Å². The van der Waals surface area contributed by atoms with E-state index in [2.05, 4.69) is 0 Å². The van der Waals surface area contributed by atoms with E-state index in [1.165, 1.54) is 24.0 Å². The largest absolute Gasteiger partial charge is 0.481 e. The molecule has 1 aromatic rings. The Morgan fingerprint density at radius 3 is 2.69 bits per heavy atom. The van der Waals surface area contributed by atoms with Crippen LogP contribution in [0.3, 0.4) is 0 Å². The van der Waals surface area contributed by atoms with E-state index >= 15 is 0 Å². The van der Waals surface area contributed by atoms with Crippen LogP contribution in [-0.4, -0.2) is 11.1 Å². The first kappa shape index (κ1) is 11.2. The number of hydrogen-bond donors (Lipinski definition) is 1. The molecule has 0 saturated heterocycles. The quantitative estimate of drug-likeness (QED) is 0.824. The Kier molecular flexibility index (Phi) is 3.28. The van der Waals surface area contributed by atoms with Crippen molar-refractivity contribution in [2.75, 3.05) is 0 Å². The third-order valence-corrected chi connectivity index (χ3v) is 3.39. The highest BCUT2D eigenvalue weighted by Crippen LogP contribution is 2.36. The zero-order valence-corrected chi connectivity index (χ0v) is 9.65. The molecule has 1 aliphatic carbocycles. The molecule has 0 heterocycles. The Labute approximate surface area is 96.3 Å². The first-order valence-electron chi connectivity index (χ1n) is 5.94. The highest BCUT2D eigenvalue weighted by atomic mass is 16.4. The van der Waals surface area contributed by atoms with Gasteiger partial charge in [0.2, 0.25) is 0 Å². The van der Waals surface area contributed by atoms with E-state index in [1.807, 2.05) is 31.2 Å². The predicted octanol–water partition coefficient (Wildman–Crippen LogP) is 3.04. The fraction of sp³-hybridized carbons (Fsp3) is 0.500. The molecule has 0 bridgehead atoms. The van der Waals surface area contributed by atoms with Gasteiger partial charge in [0.25, 0.3) is 0 Å². The summed E-state index contributed by atoms with van der Waals surface area (Å²) in [5, 5.41) is 9.20. The molecule has 0 aromatic heterocycles. The molecule has 2 rings (SSSR count). The Bertz CT molecular complexity index is 380. The van der Waals surface area contributed by atoms with Crippen LogP contribution in [0, 0.1) is 18.8 Å². The summed E-state index contributed by atoms with van der Waals surface area (Å²) >= 11 is 0. The van der Waals surface area contributed by atoms with Gasteiger partial charge in [-0.1, -0.05) is 37.1 Å². The summed E-state index contributed by atoms with van der Waals surface area (Å²) in [6.45, 7) is 2.05. The van der Waals surface area contributed by atoms with Crippen LogP contribution in [0.15, 0.2) is 24.3 Å². The van der Waals surface area contributed by atoms with Crippen LogP contribution in [0.2, 0.25) is 0 Å². The molecular formula is C14H18O2. The fourth-order valence-electron chi connectivity index (χ4n) is 2.13. The number of aliphatic carboxylic acids is 1. The van der Waals surface area contributed by atoms with Gasteiger partial charge in [0, 0.05) is 0 Å². The molecule has 1 unspecified atom stereocenters. The lowest BCUT2D eigenvalue weighted by Crippen LogP contribution is -2.17. The molecular weight excluding hydrogens is 200 g/mol. The van der Waals surface area contributed by atoms with Gasteiger partial charge in [0.05, 0.1) is 5.92 Å². The van der Waals surface area contributed by atoms with Crippen LogP contribution in [0.4, 0.5) is 0 Å². The van der Waals surface area contributed by atoms with E-state index in [1.54, 1.807) is 0 Å². The molecule has 1 saturated carbocycles. The molecule has 1 aliphatic rings. The maximum atomic E-state index is 11.2. The van der Waals surface area contributed by atoms with E-state index in [-0.39, 0.29) is 5.92 Å². The number of carboxylic acids is 1. The lowest BCUT2D eigenvalue weighted by Gasteiger charge is -2.13. The first-order valence-corrected chi connectivity index (χ1v) is 5.94. The second-order valence-corrected chi connectivity index (χ2v) is 4.84. The summed E-state index contributed by atoms with van der Waals surface area (Å²) < 4.78 is 0. The number of hydrogen-bond acceptors (Lipinski definition) is 1. The maximum Gasteiger partial charge on any atom is 0.306 e. The molecule has 16 heavy (non-hydrogen) atoms. The summed E-state index contributed by atoms with van der Waals surface area (Å²) in [5.74, 6) is -0.172. The highest BCUT2D eigenvalue weighted by Gasteiger charge is 2.29. The van der Waals surface area contributed by atoms with Gasteiger partial charge >= 0.3 is 5.97 Å². The van der Waals surface area contributed by atoms with Crippen molar-refractivity contribution < 1.29 is 9.90 Å². The fourth-order valence-corrected chi connectivity index (χ4v) is 2.13. The Hall–Kier alpha value is -1.31. The van der Waals surface area contributed by atoms with Gasteiger partial charge in [0.1, 0.15) is 0 Å². The predicted molar refractivity (Wildman–Crippen MR) is 63.3 cm³/mol. The number of carbonyl (C=O) groups is 1. The van der Waals surface area contributed by atoms with Crippen LogP contribution in [0.1, 0.15) is 30.4 Å². The molecule has 86 valence electrons. The van der Waals surface area contributed by atoms with Gasteiger partial charge in [-0.2, -0.15) is 0 Å². The number of aryl methyl sites for hydroxylation is 1. The molecule has 0 spiro atoms. The number of benzene rings is 1. The SMILES string of the molecule is Cc1ccccc1CC(CC1CC1)C(=O)O. The molecule has 1 atom stereocenters. The van der Waals surface area contributed by atoms with Crippen LogP contribution < -0.4 is 0 Å². The maximum absolute atomic E-state index is 11.2. The zero-order valence-electron chi connectivity index (χ0n) is 9.65. The second-order valence-electron chi connectivity index (χ2n) is 4.84. The van der Waals surface area contributed by atoms with E-state index in [9.17, 15) is 9.90 Å². The minimum absolute atomic E-state index is 0.200. The minimum atomic E-state index is -0.643. The molecule has 0 radical (unpaired) electrons. The molecule has 1 aromatic carbocycles. The molecule has 0 amide bonds. The van der Waals surface area contributed by atoms with E-state index in [4.69, 9.17) is 0 Å². The third kappa shape index (κ3) is 2.84. The standard InChI is InChI=1S/C14H18O2/c1-10-4-2-3-5-12(10)9-13(14(15)16)8-11-6-7-11/h2-5,11,13H,6-9H2,1H3,(H,15,16). The smallest absolute Gasteiger partial charge is 0.306 e.